The van der Waals surface area contributed by atoms with E-state index < -0.39 is 48.0 Å². The predicted octanol–water partition coefficient (Wildman–Crippen LogP) is 0.698. The minimum absolute atomic E-state index is 0.0540. The van der Waals surface area contributed by atoms with E-state index in [0.29, 0.717) is 12.0 Å². The highest BCUT2D eigenvalue weighted by Gasteiger charge is 2.52. The van der Waals surface area contributed by atoms with Crippen molar-refractivity contribution in [3.63, 3.8) is 0 Å². The topological polar surface area (TPSA) is 155 Å². The number of aliphatic hydroxyl groups excluding tert-OH is 2. The number of ether oxygens (including phenoxy) is 3. The maximum absolute atomic E-state index is 12.6. The van der Waals surface area contributed by atoms with E-state index in [-0.39, 0.29) is 17.7 Å². The number of hydrogen-bond donors (Lipinski definition) is 5. The number of aliphatic hydroxyl groups is 4. The monoisotopic (exact) mass is 489 g/mol. The molecule has 0 bridgehead atoms. The van der Waals surface area contributed by atoms with Gasteiger partial charge < -0.3 is 34.6 Å². The number of hydrogen-bond acceptors (Lipinski definition) is 10. The van der Waals surface area contributed by atoms with Crippen LogP contribution in [-0.4, -0.2) is 62.6 Å². The van der Waals surface area contributed by atoms with Crippen LogP contribution < -0.4 is 10.1 Å². The van der Waals surface area contributed by atoms with Crippen LogP contribution in [0.25, 0.3) is 0 Å². The molecule has 1 saturated heterocycles. The summed E-state index contributed by atoms with van der Waals surface area (Å²) in [6, 6.07) is 14.8. The molecule has 5 atom stereocenters. The van der Waals surface area contributed by atoms with Crippen molar-refractivity contribution in [1.82, 2.24) is 5.32 Å². The fraction of sp³-hybridized carbons (Fsp3) is 0.440. The Bertz CT molecular complexity index is 1020. The average Bonchev–Trinajstić information content (AvgIpc) is 2.81. The van der Waals surface area contributed by atoms with E-state index in [1.54, 1.807) is 42.5 Å². The van der Waals surface area contributed by atoms with Gasteiger partial charge in [0.1, 0.15) is 11.5 Å². The molecule has 1 aliphatic rings. The van der Waals surface area contributed by atoms with Gasteiger partial charge in [0.05, 0.1) is 5.56 Å². The quantitative estimate of drug-likeness (QED) is 0.264. The fourth-order valence-electron chi connectivity index (χ4n) is 3.69. The maximum Gasteiger partial charge on any atom is 0.341 e. The van der Waals surface area contributed by atoms with E-state index in [4.69, 9.17) is 14.2 Å². The number of carbonyl (C=O) groups excluding carboxylic acids is 2. The van der Waals surface area contributed by atoms with Gasteiger partial charge in [0, 0.05) is 6.42 Å². The van der Waals surface area contributed by atoms with Crippen molar-refractivity contribution in [3.8, 4) is 5.75 Å². The minimum Gasteiger partial charge on any atom is -0.475 e. The van der Waals surface area contributed by atoms with Gasteiger partial charge >= 0.3 is 11.9 Å². The fourth-order valence-corrected chi connectivity index (χ4v) is 3.69. The molecule has 1 aliphatic heterocycles. The number of nitrogens with one attached hydrogen (secondary N) is 1. The van der Waals surface area contributed by atoms with Gasteiger partial charge in [-0.25, -0.2) is 9.59 Å². The zero-order valence-electron chi connectivity index (χ0n) is 19.7. The molecule has 5 unspecified atom stereocenters. The van der Waals surface area contributed by atoms with Crippen molar-refractivity contribution in [2.24, 2.45) is 0 Å². The first-order chi connectivity index (χ1) is 16.4. The molecule has 10 heteroatoms. The van der Waals surface area contributed by atoms with E-state index in [1.807, 2.05) is 6.92 Å². The Balaban J connectivity index is 2.08. The highest BCUT2D eigenvalue weighted by Crippen LogP contribution is 2.39. The molecule has 0 aliphatic carbocycles. The van der Waals surface area contributed by atoms with Crippen LogP contribution in [0.3, 0.4) is 0 Å². The SMILES string of the molecule is CCC(NC(C)(C)O)Oc1ccccc1C1(O)OC(=O)C(O)C(O)C(=O)OC1Cc1ccccc1. The number of rotatable bonds is 8. The molecule has 10 nitrogen and oxygen atoms in total. The molecule has 0 spiro atoms. The highest BCUT2D eigenvalue weighted by atomic mass is 16.7. The Morgan fingerprint density at radius 1 is 1.03 bits per heavy atom. The summed E-state index contributed by atoms with van der Waals surface area (Å²) in [7, 11) is 0. The first-order valence-corrected chi connectivity index (χ1v) is 11.3. The van der Waals surface area contributed by atoms with Crippen LogP contribution in [0.1, 0.15) is 38.3 Å². The number of carbonyl (C=O) groups is 2. The van der Waals surface area contributed by atoms with Crippen molar-refractivity contribution in [2.45, 2.75) is 69.7 Å². The lowest BCUT2D eigenvalue weighted by molar-refractivity contribution is -0.278. The second kappa shape index (κ2) is 10.7. The first-order valence-electron chi connectivity index (χ1n) is 11.3. The van der Waals surface area contributed by atoms with Crippen molar-refractivity contribution in [2.75, 3.05) is 0 Å². The standard InChI is InChI=1S/C25H31NO9/c1-4-19(26-24(2,3)31)33-17-13-9-8-12-16(17)25(32)18(14-15-10-6-5-7-11-15)34-22(29)20(27)21(28)23(30)35-25/h5-13,18-21,26-28,31-32H,4,14H2,1-3H3. The van der Waals surface area contributed by atoms with Gasteiger partial charge in [0.2, 0.25) is 0 Å². The summed E-state index contributed by atoms with van der Waals surface area (Å²) in [5.74, 6) is -5.21. The average molecular weight is 490 g/mol. The number of para-hydroxylation sites is 1. The molecule has 0 amide bonds. The lowest BCUT2D eigenvalue weighted by Gasteiger charge is -2.39. The number of cyclic esters (lactones) is 2. The van der Waals surface area contributed by atoms with Gasteiger partial charge in [-0.05, 0) is 38.0 Å². The molecule has 190 valence electrons. The van der Waals surface area contributed by atoms with Crippen LogP contribution in [0.15, 0.2) is 54.6 Å². The van der Waals surface area contributed by atoms with E-state index >= 15 is 0 Å². The molecule has 0 saturated carbocycles. The van der Waals surface area contributed by atoms with Crippen LogP contribution in [0.4, 0.5) is 0 Å². The van der Waals surface area contributed by atoms with Crippen molar-refractivity contribution < 1.29 is 44.2 Å². The highest BCUT2D eigenvalue weighted by molar-refractivity contribution is 5.86. The van der Waals surface area contributed by atoms with Crippen molar-refractivity contribution in [3.05, 3.63) is 65.7 Å². The van der Waals surface area contributed by atoms with Crippen LogP contribution in [-0.2, 0) is 31.3 Å². The third kappa shape index (κ3) is 6.36. The molecule has 3 rings (SSSR count). The summed E-state index contributed by atoms with van der Waals surface area (Å²) in [6.07, 6.45) is -6.32. The smallest absolute Gasteiger partial charge is 0.341 e. The molecule has 0 aromatic heterocycles. The Morgan fingerprint density at radius 3 is 2.26 bits per heavy atom. The second-order valence-corrected chi connectivity index (χ2v) is 8.84. The molecular weight excluding hydrogens is 458 g/mol. The third-order valence-corrected chi connectivity index (χ3v) is 5.42. The van der Waals surface area contributed by atoms with Gasteiger partial charge in [-0.2, -0.15) is 0 Å². The lowest BCUT2D eigenvalue weighted by atomic mass is 9.93. The molecule has 2 aromatic carbocycles. The number of benzene rings is 2. The van der Waals surface area contributed by atoms with Gasteiger partial charge in [0.25, 0.3) is 5.79 Å². The summed E-state index contributed by atoms with van der Waals surface area (Å²) in [6.45, 7) is 4.89. The first kappa shape index (κ1) is 26.6. The molecule has 1 heterocycles. The summed E-state index contributed by atoms with van der Waals surface area (Å²) in [5, 5.41) is 44.9. The molecule has 2 aromatic rings. The number of esters is 2. The van der Waals surface area contributed by atoms with Crippen LogP contribution in [0, 0.1) is 0 Å². The van der Waals surface area contributed by atoms with Crippen LogP contribution in [0.2, 0.25) is 0 Å². The summed E-state index contributed by atoms with van der Waals surface area (Å²) >= 11 is 0. The van der Waals surface area contributed by atoms with E-state index in [2.05, 4.69) is 5.32 Å². The van der Waals surface area contributed by atoms with Crippen LogP contribution >= 0.6 is 0 Å². The largest absolute Gasteiger partial charge is 0.475 e. The molecule has 5 N–H and O–H groups in total. The molecule has 35 heavy (non-hydrogen) atoms. The zero-order valence-corrected chi connectivity index (χ0v) is 19.7. The second-order valence-electron chi connectivity index (χ2n) is 8.84. The van der Waals surface area contributed by atoms with Crippen molar-refractivity contribution >= 4 is 11.9 Å². The van der Waals surface area contributed by atoms with Gasteiger partial charge in [-0.15, -0.1) is 0 Å². The van der Waals surface area contributed by atoms with Crippen LogP contribution in [0.5, 0.6) is 5.75 Å². The molecular formula is C25H31NO9. The van der Waals surface area contributed by atoms with E-state index in [9.17, 15) is 30.0 Å². The van der Waals surface area contributed by atoms with Gasteiger partial charge in [-0.3, -0.25) is 5.32 Å². The zero-order chi connectivity index (χ0) is 25.8. The van der Waals surface area contributed by atoms with Gasteiger partial charge in [-0.1, -0.05) is 49.4 Å². The Morgan fingerprint density at radius 2 is 1.63 bits per heavy atom. The summed E-state index contributed by atoms with van der Waals surface area (Å²) < 4.78 is 16.7. The third-order valence-electron chi connectivity index (χ3n) is 5.42. The lowest BCUT2D eigenvalue weighted by Crippen LogP contribution is -2.56. The Labute approximate surface area is 203 Å². The Hall–Kier alpha value is -3.02. The van der Waals surface area contributed by atoms with Crippen molar-refractivity contribution in [1.29, 1.82) is 0 Å². The summed E-state index contributed by atoms with van der Waals surface area (Å²) in [5.41, 5.74) is -0.684. The molecule has 0 radical (unpaired) electrons. The normalized spacial score (nSPS) is 26.2. The predicted molar refractivity (Wildman–Crippen MR) is 123 cm³/mol. The molecule has 1 fully saturated rings. The van der Waals surface area contributed by atoms with E-state index in [0.717, 1.165) is 0 Å². The maximum atomic E-state index is 12.6. The Kier molecular flexibility index (Phi) is 8.14. The van der Waals surface area contributed by atoms with E-state index in [1.165, 1.54) is 26.0 Å². The van der Waals surface area contributed by atoms with Gasteiger partial charge in [0.15, 0.2) is 24.5 Å². The minimum atomic E-state index is -2.59. The summed E-state index contributed by atoms with van der Waals surface area (Å²) in [4.78, 5) is 25.1.